The van der Waals surface area contributed by atoms with Crippen LogP contribution in [-0.4, -0.2) is 39.1 Å². The van der Waals surface area contributed by atoms with Crippen LogP contribution in [0.4, 0.5) is 20.6 Å². The zero-order chi connectivity index (χ0) is 26.0. The van der Waals surface area contributed by atoms with Crippen molar-refractivity contribution in [3.63, 3.8) is 0 Å². The van der Waals surface area contributed by atoms with E-state index in [1.807, 2.05) is 4.72 Å². The van der Waals surface area contributed by atoms with E-state index in [1.54, 1.807) is 24.6 Å². The molecule has 0 saturated carbocycles. The first-order valence-corrected chi connectivity index (χ1v) is 12.6. The number of nitrogens with one attached hydrogen (secondary N) is 3. The number of rotatable bonds is 6. The van der Waals surface area contributed by atoms with Crippen LogP contribution in [0.2, 0.25) is 0 Å². The van der Waals surface area contributed by atoms with Gasteiger partial charge in [0.2, 0.25) is 0 Å². The Morgan fingerprint density at radius 1 is 1.06 bits per heavy atom. The number of sulfonamides is 1. The third kappa shape index (κ3) is 4.78. The van der Waals surface area contributed by atoms with Gasteiger partial charge < -0.3 is 15.4 Å². The van der Waals surface area contributed by atoms with Gasteiger partial charge in [0, 0.05) is 35.4 Å². The molecular weight excluding hydrogens is 511 g/mol. The Labute approximate surface area is 208 Å². The predicted octanol–water partition coefficient (Wildman–Crippen LogP) is 3.53. The SMILES string of the molecule is CNc1ccc2c(=O)n(-c3ccc(NC(=O)NS(=O)(=O)c4cccs4)cc3F)cc(C(=O)OC)c2c1. The van der Waals surface area contributed by atoms with Crippen LogP contribution in [0.3, 0.4) is 0 Å². The molecule has 0 unspecified atom stereocenters. The van der Waals surface area contributed by atoms with Crippen molar-refractivity contribution < 1.29 is 27.1 Å². The number of esters is 1. The molecule has 0 aliphatic carbocycles. The van der Waals surface area contributed by atoms with Gasteiger partial charge in [-0.25, -0.2) is 27.1 Å². The van der Waals surface area contributed by atoms with Crippen molar-refractivity contribution in [1.82, 2.24) is 9.29 Å². The molecule has 0 spiro atoms. The number of benzene rings is 2. The van der Waals surface area contributed by atoms with E-state index < -0.39 is 33.4 Å². The van der Waals surface area contributed by atoms with Gasteiger partial charge in [-0.3, -0.25) is 9.36 Å². The molecule has 0 radical (unpaired) electrons. The smallest absolute Gasteiger partial charge is 0.340 e. The summed E-state index contributed by atoms with van der Waals surface area (Å²) in [5.74, 6) is -1.62. The second-order valence-electron chi connectivity index (χ2n) is 7.38. The highest BCUT2D eigenvalue weighted by Gasteiger charge is 2.20. The lowest BCUT2D eigenvalue weighted by atomic mass is 10.1. The number of halogens is 1. The monoisotopic (exact) mass is 530 g/mol. The molecule has 4 aromatic rings. The number of hydrogen-bond acceptors (Lipinski definition) is 8. The Morgan fingerprint density at radius 3 is 2.44 bits per heavy atom. The number of methoxy groups -OCH3 is 1. The number of pyridine rings is 1. The molecule has 2 aromatic heterocycles. The van der Waals surface area contributed by atoms with Gasteiger partial charge in [0.05, 0.1) is 18.4 Å². The molecule has 0 bridgehead atoms. The minimum Gasteiger partial charge on any atom is -0.465 e. The molecule has 10 nitrogen and oxygen atoms in total. The van der Waals surface area contributed by atoms with Crippen molar-refractivity contribution in [3.8, 4) is 5.69 Å². The lowest BCUT2D eigenvalue weighted by molar-refractivity contribution is 0.0602. The zero-order valence-corrected chi connectivity index (χ0v) is 20.5. The fourth-order valence-electron chi connectivity index (χ4n) is 3.47. The standard InChI is InChI=1S/C23H19FN4O6S2/c1-25-13-5-7-15-16(10-13)17(22(30)34-2)12-28(21(15)29)19-8-6-14(11-18(19)24)26-23(31)27-36(32,33)20-4-3-9-35-20/h3-12,25H,1-2H3,(H2,26,27,31). The molecule has 0 aliphatic rings. The summed E-state index contributed by atoms with van der Waals surface area (Å²) < 4.78 is 47.0. The number of aromatic nitrogens is 1. The minimum absolute atomic E-state index is 0.0453. The summed E-state index contributed by atoms with van der Waals surface area (Å²) in [4.78, 5) is 37.7. The second-order valence-corrected chi connectivity index (χ2v) is 10.2. The van der Waals surface area contributed by atoms with Crippen molar-refractivity contribution in [3.05, 3.63) is 81.8 Å². The summed E-state index contributed by atoms with van der Waals surface area (Å²) in [7, 11) is -1.20. The Kier molecular flexibility index (Phi) is 6.77. The third-order valence-corrected chi connectivity index (χ3v) is 7.89. The highest BCUT2D eigenvalue weighted by Crippen LogP contribution is 2.24. The van der Waals surface area contributed by atoms with Gasteiger partial charge in [-0.15, -0.1) is 11.3 Å². The largest absolute Gasteiger partial charge is 0.465 e. The summed E-state index contributed by atoms with van der Waals surface area (Å²) in [6.45, 7) is 0. The highest BCUT2D eigenvalue weighted by molar-refractivity contribution is 7.92. The maximum atomic E-state index is 15.1. The molecule has 2 aromatic carbocycles. The average Bonchev–Trinajstić information content (AvgIpc) is 3.40. The molecule has 3 N–H and O–H groups in total. The number of thiophene rings is 1. The van der Waals surface area contributed by atoms with Gasteiger partial charge in [-0.2, -0.15) is 0 Å². The van der Waals surface area contributed by atoms with Crippen molar-refractivity contribution in [2.24, 2.45) is 0 Å². The van der Waals surface area contributed by atoms with Crippen molar-refractivity contribution in [2.45, 2.75) is 4.21 Å². The molecule has 0 atom stereocenters. The number of nitrogens with zero attached hydrogens (tertiary/aromatic N) is 1. The molecule has 0 saturated heterocycles. The fourth-order valence-corrected chi connectivity index (χ4v) is 5.37. The van der Waals surface area contributed by atoms with Crippen LogP contribution in [-0.2, 0) is 14.8 Å². The third-order valence-electron chi connectivity index (χ3n) is 5.16. The van der Waals surface area contributed by atoms with E-state index in [0.29, 0.717) is 11.1 Å². The average molecular weight is 531 g/mol. The van der Waals surface area contributed by atoms with Crippen LogP contribution in [0.5, 0.6) is 0 Å². The fraction of sp³-hybridized carbons (Fsp3) is 0.0870. The second kappa shape index (κ2) is 9.79. The van der Waals surface area contributed by atoms with E-state index in [4.69, 9.17) is 4.74 Å². The maximum absolute atomic E-state index is 15.1. The lowest BCUT2D eigenvalue weighted by Crippen LogP contribution is -2.34. The summed E-state index contributed by atoms with van der Waals surface area (Å²) in [6, 6.07) is 9.95. The van der Waals surface area contributed by atoms with Gasteiger partial charge in [0.1, 0.15) is 10.0 Å². The van der Waals surface area contributed by atoms with Gasteiger partial charge >= 0.3 is 12.0 Å². The van der Waals surface area contributed by atoms with Crippen LogP contribution in [0.15, 0.2) is 69.1 Å². The number of ether oxygens (including phenoxy) is 1. The van der Waals surface area contributed by atoms with Crippen molar-refractivity contribution >= 4 is 55.5 Å². The highest BCUT2D eigenvalue weighted by atomic mass is 32.2. The first-order valence-electron chi connectivity index (χ1n) is 10.3. The summed E-state index contributed by atoms with van der Waals surface area (Å²) in [6.07, 6.45) is 1.18. The zero-order valence-electron chi connectivity index (χ0n) is 18.9. The molecule has 36 heavy (non-hydrogen) atoms. The molecule has 186 valence electrons. The summed E-state index contributed by atoms with van der Waals surface area (Å²) in [5.41, 5.74) is -0.132. The lowest BCUT2D eigenvalue weighted by Gasteiger charge is -2.14. The number of urea groups is 1. The molecular formula is C23H19FN4O6S2. The Hall–Kier alpha value is -4.23. The van der Waals surface area contributed by atoms with Crippen LogP contribution in [0, 0.1) is 5.82 Å². The van der Waals surface area contributed by atoms with E-state index >= 15 is 4.39 Å². The van der Waals surface area contributed by atoms with Gasteiger partial charge in [0.25, 0.3) is 15.6 Å². The molecule has 2 amide bonds. The summed E-state index contributed by atoms with van der Waals surface area (Å²) in [5, 5.41) is 7.20. The van der Waals surface area contributed by atoms with E-state index in [0.717, 1.165) is 22.0 Å². The number of fused-ring (bicyclic) bond motifs is 1. The van der Waals surface area contributed by atoms with Gasteiger partial charge in [-0.05, 0) is 47.8 Å². The predicted molar refractivity (Wildman–Crippen MR) is 134 cm³/mol. The molecule has 4 rings (SSSR count). The number of carbonyl (C=O) groups excluding carboxylic acids is 2. The Morgan fingerprint density at radius 2 is 1.81 bits per heavy atom. The quantitative estimate of drug-likeness (QED) is 0.325. The number of hydrogen-bond donors (Lipinski definition) is 3. The van der Waals surface area contributed by atoms with E-state index in [2.05, 4.69) is 10.6 Å². The first-order chi connectivity index (χ1) is 17.1. The normalized spacial score (nSPS) is 11.2. The molecule has 13 heteroatoms. The van der Waals surface area contributed by atoms with E-state index in [9.17, 15) is 22.8 Å². The number of carbonyl (C=O) groups is 2. The van der Waals surface area contributed by atoms with Crippen LogP contribution in [0.1, 0.15) is 10.4 Å². The van der Waals surface area contributed by atoms with Crippen molar-refractivity contribution in [1.29, 1.82) is 0 Å². The number of anilines is 2. The number of amides is 2. The van der Waals surface area contributed by atoms with Gasteiger partial charge in [-0.1, -0.05) is 6.07 Å². The molecule has 2 heterocycles. The van der Waals surface area contributed by atoms with Crippen LogP contribution in [0.25, 0.3) is 16.5 Å². The van der Waals surface area contributed by atoms with Crippen LogP contribution < -0.4 is 20.9 Å². The Bertz CT molecular complexity index is 1650. The molecule has 0 aliphatic heterocycles. The Balaban J connectivity index is 1.69. The summed E-state index contributed by atoms with van der Waals surface area (Å²) >= 11 is 0.930. The maximum Gasteiger partial charge on any atom is 0.340 e. The topological polar surface area (TPSA) is 136 Å². The first kappa shape index (κ1) is 24.9. The van der Waals surface area contributed by atoms with Gasteiger partial charge in [0.15, 0.2) is 0 Å². The van der Waals surface area contributed by atoms with E-state index in [1.165, 1.54) is 43.6 Å². The minimum atomic E-state index is -4.08. The van der Waals surface area contributed by atoms with E-state index in [-0.39, 0.29) is 26.5 Å². The van der Waals surface area contributed by atoms with Crippen LogP contribution >= 0.6 is 11.3 Å². The molecule has 0 fully saturated rings. The van der Waals surface area contributed by atoms with Crippen molar-refractivity contribution in [2.75, 3.05) is 24.8 Å².